The molecule has 0 spiro atoms. The molecule has 2 aromatic rings. The lowest BCUT2D eigenvalue weighted by atomic mass is 9.91. The van der Waals surface area contributed by atoms with E-state index in [-0.39, 0.29) is 5.56 Å². The molecule has 0 atom stereocenters. The molecule has 1 aliphatic heterocycles. The molecule has 84 valence electrons. The minimum absolute atomic E-state index is 0.00259. The summed E-state index contributed by atoms with van der Waals surface area (Å²) >= 11 is 0. The standard InChI is InChI=1S/C12H15N3O/c1-12(2)5-8-4-9-10(15(8)7-12)6-13-14(3)11(9)16/h4,6H,5,7H2,1-3H3. The van der Waals surface area contributed by atoms with Crippen molar-refractivity contribution in [1.29, 1.82) is 0 Å². The van der Waals surface area contributed by atoms with Crippen LogP contribution in [-0.2, 0) is 20.0 Å². The number of rotatable bonds is 0. The molecule has 0 aromatic carbocycles. The maximum Gasteiger partial charge on any atom is 0.275 e. The molecule has 0 aliphatic carbocycles. The van der Waals surface area contributed by atoms with E-state index in [2.05, 4.69) is 23.5 Å². The van der Waals surface area contributed by atoms with Gasteiger partial charge in [0.15, 0.2) is 0 Å². The monoisotopic (exact) mass is 217 g/mol. The average Bonchev–Trinajstić information content (AvgIpc) is 2.64. The number of fused-ring (bicyclic) bond motifs is 3. The molecule has 0 fully saturated rings. The first-order chi connectivity index (χ1) is 7.48. The molecule has 1 aliphatic rings. The van der Waals surface area contributed by atoms with Crippen LogP contribution in [0.25, 0.3) is 10.9 Å². The fraction of sp³-hybridized carbons (Fsp3) is 0.500. The smallest absolute Gasteiger partial charge is 0.275 e. The van der Waals surface area contributed by atoms with Crippen molar-refractivity contribution in [2.75, 3.05) is 0 Å². The van der Waals surface area contributed by atoms with Gasteiger partial charge in [0.05, 0.1) is 17.1 Å². The van der Waals surface area contributed by atoms with Crippen LogP contribution in [0.3, 0.4) is 0 Å². The van der Waals surface area contributed by atoms with Crippen molar-refractivity contribution in [2.24, 2.45) is 12.5 Å². The van der Waals surface area contributed by atoms with Gasteiger partial charge in [-0.25, -0.2) is 4.68 Å². The first-order valence-electron chi connectivity index (χ1n) is 5.52. The third kappa shape index (κ3) is 1.16. The highest BCUT2D eigenvalue weighted by Crippen LogP contribution is 2.34. The van der Waals surface area contributed by atoms with Crippen LogP contribution in [0.1, 0.15) is 19.5 Å². The Kier molecular flexibility index (Phi) is 1.66. The molecule has 3 rings (SSSR count). The quantitative estimate of drug-likeness (QED) is 0.667. The maximum atomic E-state index is 11.9. The van der Waals surface area contributed by atoms with E-state index in [1.165, 1.54) is 10.4 Å². The number of hydrogen-bond donors (Lipinski definition) is 0. The molecule has 4 heteroatoms. The maximum absolute atomic E-state index is 11.9. The molecule has 0 radical (unpaired) electrons. The summed E-state index contributed by atoms with van der Waals surface area (Å²) in [6, 6.07) is 2.02. The van der Waals surface area contributed by atoms with Gasteiger partial charge in [-0.3, -0.25) is 4.79 Å². The molecule has 0 unspecified atom stereocenters. The Bertz CT molecular complexity index is 633. The molecular formula is C12H15N3O. The third-order valence-electron chi connectivity index (χ3n) is 3.35. The number of hydrogen-bond acceptors (Lipinski definition) is 2. The van der Waals surface area contributed by atoms with Crippen molar-refractivity contribution in [3.05, 3.63) is 28.3 Å². The van der Waals surface area contributed by atoms with Crippen LogP contribution in [-0.4, -0.2) is 14.3 Å². The van der Waals surface area contributed by atoms with Crippen molar-refractivity contribution in [2.45, 2.75) is 26.8 Å². The zero-order valence-electron chi connectivity index (χ0n) is 9.82. The highest BCUT2D eigenvalue weighted by Gasteiger charge is 2.30. The van der Waals surface area contributed by atoms with Crippen LogP contribution >= 0.6 is 0 Å². The third-order valence-corrected chi connectivity index (χ3v) is 3.35. The van der Waals surface area contributed by atoms with Gasteiger partial charge in [0, 0.05) is 19.3 Å². The van der Waals surface area contributed by atoms with E-state index in [9.17, 15) is 4.79 Å². The van der Waals surface area contributed by atoms with Gasteiger partial charge in [0.2, 0.25) is 0 Å². The van der Waals surface area contributed by atoms with Gasteiger partial charge in [0.1, 0.15) is 0 Å². The molecule has 0 saturated carbocycles. The van der Waals surface area contributed by atoms with Crippen LogP contribution in [0.2, 0.25) is 0 Å². The molecule has 0 amide bonds. The zero-order valence-corrected chi connectivity index (χ0v) is 9.82. The fourth-order valence-corrected chi connectivity index (χ4v) is 2.60. The van der Waals surface area contributed by atoms with Crippen LogP contribution in [0.4, 0.5) is 0 Å². The molecule has 16 heavy (non-hydrogen) atoms. The van der Waals surface area contributed by atoms with E-state index < -0.39 is 0 Å². The molecule has 0 saturated heterocycles. The van der Waals surface area contributed by atoms with Crippen LogP contribution in [0.15, 0.2) is 17.1 Å². The van der Waals surface area contributed by atoms with E-state index in [0.717, 1.165) is 23.9 Å². The minimum Gasteiger partial charge on any atom is -0.343 e. The van der Waals surface area contributed by atoms with Crippen molar-refractivity contribution in [1.82, 2.24) is 14.3 Å². The number of nitrogens with zero attached hydrogens (tertiary/aromatic N) is 3. The van der Waals surface area contributed by atoms with Gasteiger partial charge >= 0.3 is 0 Å². The Morgan fingerprint density at radius 1 is 1.44 bits per heavy atom. The van der Waals surface area contributed by atoms with Gasteiger partial charge in [-0.2, -0.15) is 5.10 Å². The topological polar surface area (TPSA) is 39.8 Å². The summed E-state index contributed by atoms with van der Waals surface area (Å²) in [7, 11) is 1.69. The van der Waals surface area contributed by atoms with Gasteiger partial charge in [0.25, 0.3) is 5.56 Å². The Balaban J connectivity index is 2.33. The van der Waals surface area contributed by atoms with Crippen LogP contribution in [0, 0.1) is 5.41 Å². The highest BCUT2D eigenvalue weighted by atomic mass is 16.1. The second-order valence-corrected chi connectivity index (χ2v) is 5.44. The molecule has 0 N–H and O–H groups in total. The number of aryl methyl sites for hydroxylation is 1. The lowest BCUT2D eigenvalue weighted by Gasteiger charge is -2.15. The first kappa shape index (κ1) is 9.63. The van der Waals surface area contributed by atoms with E-state index in [4.69, 9.17) is 0 Å². The summed E-state index contributed by atoms with van der Waals surface area (Å²) in [6.45, 7) is 5.47. The summed E-state index contributed by atoms with van der Waals surface area (Å²) in [6.07, 6.45) is 2.83. The Hall–Kier alpha value is -1.58. The highest BCUT2D eigenvalue weighted by molar-refractivity contribution is 5.79. The summed E-state index contributed by atoms with van der Waals surface area (Å²) in [5.74, 6) is 0. The summed E-state index contributed by atoms with van der Waals surface area (Å²) in [5, 5.41) is 4.88. The predicted molar refractivity (Wildman–Crippen MR) is 62.5 cm³/mol. The summed E-state index contributed by atoms with van der Waals surface area (Å²) in [4.78, 5) is 11.9. The van der Waals surface area contributed by atoms with Gasteiger partial charge in [-0.1, -0.05) is 13.8 Å². The largest absolute Gasteiger partial charge is 0.343 e. The lowest BCUT2D eigenvalue weighted by Crippen LogP contribution is -2.19. The fourth-order valence-electron chi connectivity index (χ4n) is 2.60. The predicted octanol–water partition coefficient (Wildman–Crippen LogP) is 1.32. The zero-order chi connectivity index (χ0) is 11.5. The van der Waals surface area contributed by atoms with Crippen molar-refractivity contribution in [3.8, 4) is 0 Å². The second kappa shape index (κ2) is 2.75. The lowest BCUT2D eigenvalue weighted by molar-refractivity contribution is 0.362. The first-order valence-corrected chi connectivity index (χ1v) is 5.52. The van der Waals surface area contributed by atoms with E-state index >= 15 is 0 Å². The van der Waals surface area contributed by atoms with E-state index in [0.29, 0.717) is 5.41 Å². The Morgan fingerprint density at radius 3 is 2.94 bits per heavy atom. The van der Waals surface area contributed by atoms with E-state index in [1.807, 2.05) is 6.07 Å². The van der Waals surface area contributed by atoms with Gasteiger partial charge in [-0.05, 0) is 17.9 Å². The summed E-state index contributed by atoms with van der Waals surface area (Å²) < 4.78 is 3.62. The SMILES string of the molecule is Cn1ncc2c(cc3n2CC(C)(C)C3)c1=O. The number of aromatic nitrogens is 3. The molecule has 0 bridgehead atoms. The van der Waals surface area contributed by atoms with Crippen LogP contribution in [0.5, 0.6) is 0 Å². The van der Waals surface area contributed by atoms with Gasteiger partial charge in [-0.15, -0.1) is 0 Å². The van der Waals surface area contributed by atoms with Crippen molar-refractivity contribution >= 4 is 10.9 Å². The Morgan fingerprint density at radius 2 is 2.19 bits per heavy atom. The molecule has 2 aromatic heterocycles. The molecular weight excluding hydrogens is 202 g/mol. The summed E-state index contributed by atoms with van der Waals surface area (Å²) in [5.41, 5.74) is 2.52. The van der Waals surface area contributed by atoms with Crippen LogP contribution < -0.4 is 5.56 Å². The Labute approximate surface area is 93.5 Å². The van der Waals surface area contributed by atoms with Gasteiger partial charge < -0.3 is 4.57 Å². The average molecular weight is 217 g/mol. The molecule has 3 heterocycles. The minimum atomic E-state index is -0.00259. The van der Waals surface area contributed by atoms with Crippen molar-refractivity contribution < 1.29 is 0 Å². The van der Waals surface area contributed by atoms with E-state index in [1.54, 1.807) is 13.2 Å². The van der Waals surface area contributed by atoms with Crippen molar-refractivity contribution in [3.63, 3.8) is 0 Å². The molecule has 4 nitrogen and oxygen atoms in total. The normalized spacial score (nSPS) is 17.9. The second-order valence-electron chi connectivity index (χ2n) is 5.44.